The molecule has 6 atom stereocenters. The first-order valence-electron chi connectivity index (χ1n) is 10.8. The largest absolute Gasteiger partial charge is 0.494 e. The number of halogens is 1. The van der Waals surface area contributed by atoms with Crippen LogP contribution in [0.4, 0.5) is 0 Å². The van der Waals surface area contributed by atoms with Crippen molar-refractivity contribution in [3.63, 3.8) is 0 Å². The second-order valence-corrected chi connectivity index (χ2v) is 8.59. The van der Waals surface area contributed by atoms with Gasteiger partial charge in [0.25, 0.3) is 0 Å². The molecule has 2 saturated heterocycles. The molecule has 1 aromatic rings. The lowest BCUT2D eigenvalue weighted by atomic mass is 9.96. The molecule has 4 aliphatic rings. The third-order valence-corrected chi connectivity index (χ3v) is 6.49. The van der Waals surface area contributed by atoms with Crippen LogP contribution in [0.1, 0.15) is 56.6 Å². The summed E-state index contributed by atoms with van der Waals surface area (Å²) in [7, 11) is 1.84. The Bertz CT molecular complexity index is 787. The Balaban J connectivity index is 0.00000205. The number of rotatable bonds is 5. The van der Waals surface area contributed by atoms with Gasteiger partial charge >= 0.3 is 0 Å². The molecule has 0 spiro atoms. The SMILES string of the molecule is CCOc1cc2c(cc1C1CC1NC(=NC)NC1CC3CCC1O3)OC(C)C2.I. The summed E-state index contributed by atoms with van der Waals surface area (Å²) >= 11 is 0. The Morgan fingerprint density at radius 1 is 1.21 bits per heavy atom. The van der Waals surface area contributed by atoms with Gasteiger partial charge in [0.15, 0.2) is 5.96 Å². The van der Waals surface area contributed by atoms with Crippen LogP contribution in [0.5, 0.6) is 11.5 Å². The highest BCUT2D eigenvalue weighted by molar-refractivity contribution is 14.0. The smallest absolute Gasteiger partial charge is 0.191 e. The summed E-state index contributed by atoms with van der Waals surface area (Å²) in [6.45, 7) is 4.85. The molecular weight excluding hydrogens is 481 g/mol. The molecule has 7 heteroatoms. The van der Waals surface area contributed by atoms with Crippen molar-refractivity contribution in [2.75, 3.05) is 13.7 Å². The Labute approximate surface area is 190 Å². The summed E-state index contributed by atoms with van der Waals surface area (Å²) in [5.41, 5.74) is 2.52. The molecule has 3 aliphatic heterocycles. The standard InChI is InChI=1S/C22H31N3O3.HI/c1-4-26-21-8-13-7-12(2)27-20(13)11-16(21)15-10-17(15)24-22(23-3)25-18-9-14-5-6-19(18)28-14;/h8,11-12,14-15,17-19H,4-7,9-10H2,1-3H3,(H2,23,24,25);1H. The van der Waals surface area contributed by atoms with Crippen molar-refractivity contribution in [3.8, 4) is 11.5 Å². The Hall–Kier alpha value is -1.22. The van der Waals surface area contributed by atoms with Crippen molar-refractivity contribution in [3.05, 3.63) is 23.3 Å². The molecule has 0 amide bonds. The van der Waals surface area contributed by atoms with E-state index in [1.165, 1.54) is 17.5 Å². The Morgan fingerprint density at radius 3 is 2.72 bits per heavy atom. The highest BCUT2D eigenvalue weighted by Crippen LogP contribution is 2.48. The van der Waals surface area contributed by atoms with Gasteiger partial charge in [0.1, 0.15) is 17.6 Å². The van der Waals surface area contributed by atoms with Crippen molar-refractivity contribution in [1.82, 2.24) is 10.6 Å². The lowest BCUT2D eigenvalue weighted by Gasteiger charge is -2.23. The van der Waals surface area contributed by atoms with E-state index < -0.39 is 0 Å². The van der Waals surface area contributed by atoms with Crippen LogP contribution in [0, 0.1) is 0 Å². The molecule has 5 rings (SSSR count). The van der Waals surface area contributed by atoms with Crippen LogP contribution in [0.25, 0.3) is 0 Å². The first kappa shape index (κ1) is 21.0. The van der Waals surface area contributed by atoms with Crippen molar-refractivity contribution in [1.29, 1.82) is 0 Å². The van der Waals surface area contributed by atoms with Crippen LogP contribution in [-0.4, -0.2) is 50.0 Å². The van der Waals surface area contributed by atoms with Gasteiger partial charge in [0.2, 0.25) is 0 Å². The number of nitrogens with one attached hydrogen (secondary N) is 2. The summed E-state index contributed by atoms with van der Waals surface area (Å²) in [6.07, 6.45) is 6.55. The predicted molar refractivity (Wildman–Crippen MR) is 124 cm³/mol. The quantitative estimate of drug-likeness (QED) is 0.359. The number of aliphatic imine (C=N–C) groups is 1. The molecule has 160 valence electrons. The van der Waals surface area contributed by atoms with Gasteiger partial charge < -0.3 is 24.8 Å². The monoisotopic (exact) mass is 513 g/mol. The summed E-state index contributed by atoms with van der Waals surface area (Å²) in [5, 5.41) is 7.19. The zero-order valence-electron chi connectivity index (χ0n) is 17.4. The van der Waals surface area contributed by atoms with Crippen molar-refractivity contribution >= 4 is 29.9 Å². The molecule has 3 fully saturated rings. The van der Waals surface area contributed by atoms with E-state index in [1.807, 2.05) is 14.0 Å². The molecule has 0 radical (unpaired) electrons. The van der Waals surface area contributed by atoms with E-state index in [9.17, 15) is 0 Å². The number of hydrogen-bond acceptors (Lipinski definition) is 4. The third kappa shape index (κ3) is 4.17. The van der Waals surface area contributed by atoms with Crippen molar-refractivity contribution in [2.24, 2.45) is 4.99 Å². The minimum atomic E-state index is 0. The molecule has 6 unspecified atom stereocenters. The van der Waals surface area contributed by atoms with Gasteiger partial charge in [-0.05, 0) is 51.7 Å². The van der Waals surface area contributed by atoms with E-state index in [0.29, 0.717) is 36.8 Å². The first-order chi connectivity index (χ1) is 13.6. The molecular formula is C22H32IN3O3. The maximum absolute atomic E-state index is 5.99. The summed E-state index contributed by atoms with van der Waals surface area (Å²) in [4.78, 5) is 4.45. The molecule has 1 saturated carbocycles. The van der Waals surface area contributed by atoms with Crippen molar-refractivity contribution < 1.29 is 14.2 Å². The fourth-order valence-electron chi connectivity index (χ4n) is 5.04. The van der Waals surface area contributed by atoms with E-state index in [0.717, 1.165) is 43.1 Å². The van der Waals surface area contributed by atoms with Crippen LogP contribution >= 0.6 is 24.0 Å². The Kier molecular flexibility index (Phi) is 6.16. The lowest BCUT2D eigenvalue weighted by Crippen LogP contribution is -2.48. The molecule has 0 aromatic heterocycles. The maximum Gasteiger partial charge on any atom is 0.191 e. The fourth-order valence-corrected chi connectivity index (χ4v) is 5.04. The van der Waals surface area contributed by atoms with Gasteiger partial charge in [-0.3, -0.25) is 4.99 Å². The van der Waals surface area contributed by atoms with Gasteiger partial charge in [-0.25, -0.2) is 0 Å². The van der Waals surface area contributed by atoms with E-state index in [2.05, 4.69) is 34.7 Å². The maximum atomic E-state index is 5.99. The molecule has 1 aliphatic carbocycles. The molecule has 2 bridgehead atoms. The topological polar surface area (TPSA) is 64.1 Å². The zero-order valence-corrected chi connectivity index (χ0v) is 19.8. The Morgan fingerprint density at radius 2 is 2.03 bits per heavy atom. The van der Waals surface area contributed by atoms with Gasteiger partial charge in [-0.15, -0.1) is 24.0 Å². The van der Waals surface area contributed by atoms with Gasteiger partial charge in [-0.1, -0.05) is 0 Å². The van der Waals surface area contributed by atoms with Crippen LogP contribution in [0.3, 0.4) is 0 Å². The molecule has 1 aromatic carbocycles. The average Bonchev–Trinajstić information content (AvgIpc) is 3.00. The second-order valence-electron chi connectivity index (χ2n) is 8.59. The van der Waals surface area contributed by atoms with E-state index in [4.69, 9.17) is 14.2 Å². The van der Waals surface area contributed by atoms with E-state index in [-0.39, 0.29) is 30.1 Å². The third-order valence-electron chi connectivity index (χ3n) is 6.49. The highest BCUT2D eigenvalue weighted by atomic mass is 127. The zero-order chi connectivity index (χ0) is 19.3. The first-order valence-corrected chi connectivity index (χ1v) is 10.8. The number of benzene rings is 1. The number of fused-ring (bicyclic) bond motifs is 3. The minimum absolute atomic E-state index is 0. The normalized spacial score (nSPS) is 34.2. The fraction of sp³-hybridized carbons (Fsp3) is 0.682. The summed E-state index contributed by atoms with van der Waals surface area (Å²) < 4.78 is 17.9. The lowest BCUT2D eigenvalue weighted by molar-refractivity contribution is 0.0992. The second kappa shape index (κ2) is 8.49. The number of ether oxygens (including phenoxy) is 3. The number of guanidine groups is 1. The van der Waals surface area contributed by atoms with Crippen LogP contribution in [0.2, 0.25) is 0 Å². The summed E-state index contributed by atoms with van der Waals surface area (Å²) in [5.74, 6) is 3.36. The van der Waals surface area contributed by atoms with E-state index >= 15 is 0 Å². The molecule has 6 nitrogen and oxygen atoms in total. The van der Waals surface area contributed by atoms with Gasteiger partial charge in [-0.2, -0.15) is 0 Å². The van der Waals surface area contributed by atoms with Gasteiger partial charge in [0.05, 0.1) is 24.9 Å². The molecule has 29 heavy (non-hydrogen) atoms. The molecule has 3 heterocycles. The number of hydrogen-bond donors (Lipinski definition) is 2. The van der Waals surface area contributed by atoms with Crippen LogP contribution in [0.15, 0.2) is 17.1 Å². The average molecular weight is 513 g/mol. The minimum Gasteiger partial charge on any atom is -0.494 e. The summed E-state index contributed by atoms with van der Waals surface area (Å²) in [6, 6.07) is 5.15. The van der Waals surface area contributed by atoms with Crippen LogP contribution in [-0.2, 0) is 11.2 Å². The highest BCUT2D eigenvalue weighted by Gasteiger charge is 2.44. The molecule has 2 N–H and O–H groups in total. The van der Waals surface area contributed by atoms with Gasteiger partial charge in [0, 0.05) is 36.6 Å². The predicted octanol–water partition coefficient (Wildman–Crippen LogP) is 3.37. The van der Waals surface area contributed by atoms with Crippen LogP contribution < -0.4 is 20.1 Å². The number of nitrogens with zero attached hydrogens (tertiary/aromatic N) is 1. The van der Waals surface area contributed by atoms with Crippen molar-refractivity contribution in [2.45, 2.75) is 82.3 Å². The van der Waals surface area contributed by atoms with E-state index in [1.54, 1.807) is 0 Å².